The smallest absolute Gasteiger partial charge is 0.0998 e. The summed E-state index contributed by atoms with van der Waals surface area (Å²) in [5.74, 6) is 0. The maximum absolute atomic E-state index is 10.5. The van der Waals surface area contributed by atoms with Gasteiger partial charge in [0.05, 0.1) is 40.5 Å². The second-order valence-corrected chi connectivity index (χ2v) is 13.0. The number of anilines is 2. The fourth-order valence-electron chi connectivity index (χ4n) is 7.72. The molecule has 0 bridgehead atoms. The average Bonchev–Trinajstić information content (AvgIpc) is 3.56. The van der Waals surface area contributed by atoms with Gasteiger partial charge in [-0.1, -0.05) is 72.8 Å². The summed E-state index contributed by atoms with van der Waals surface area (Å²) < 4.78 is 2.38. The molecule has 1 atom stereocenters. The average molecular weight is 659 g/mol. The molecule has 5 aromatic carbocycles. The number of para-hydroxylation sites is 1. The lowest BCUT2D eigenvalue weighted by atomic mass is 9.94. The molecule has 0 fully saturated rings. The molecule has 6 aromatic rings. The van der Waals surface area contributed by atoms with Gasteiger partial charge in [-0.05, 0) is 95.8 Å². The molecule has 0 saturated heterocycles. The van der Waals surface area contributed by atoms with Crippen LogP contribution in [0.3, 0.4) is 0 Å². The van der Waals surface area contributed by atoms with Crippen LogP contribution in [0.5, 0.6) is 0 Å². The first kappa shape index (κ1) is 31.6. The van der Waals surface area contributed by atoms with Gasteiger partial charge in [-0.2, -0.15) is 15.8 Å². The Bertz CT molecular complexity index is 2530. The van der Waals surface area contributed by atoms with Crippen molar-refractivity contribution >= 4 is 22.3 Å². The van der Waals surface area contributed by atoms with Crippen LogP contribution in [-0.2, 0) is 12.8 Å². The van der Waals surface area contributed by atoms with E-state index >= 15 is 0 Å². The van der Waals surface area contributed by atoms with E-state index in [9.17, 15) is 15.8 Å². The molecule has 0 amide bonds. The minimum Gasteiger partial charge on any atom is -0.337 e. The van der Waals surface area contributed by atoms with Gasteiger partial charge in [-0.3, -0.25) is 0 Å². The van der Waals surface area contributed by atoms with E-state index in [1.54, 1.807) is 0 Å². The molecule has 2 aliphatic heterocycles. The Kier molecular flexibility index (Phi) is 8.27. The van der Waals surface area contributed by atoms with E-state index in [1.807, 2.05) is 48.6 Å². The second kappa shape index (κ2) is 13.3. The molecular weight excluding hydrogens is 625 g/mol. The standard InChI is InChI=1S/C45H34N6/c1-30-44-39-14-2-3-15-40(39)51(42(44)21-22-49-30)41-16-6-12-37(29-48)45(41)36-11-4-9-34(25-36)35-10-5-13-38(26-35)50-23-7-8-31(27-46)17-19-33-20-18-32(28-47)24-43(33)50/h2-18,20,24-26,30,49H,19,21-23H2,1H3/b8-7-,31-17+. The van der Waals surface area contributed by atoms with Gasteiger partial charge in [0, 0.05) is 59.1 Å². The Labute approximate surface area is 298 Å². The SMILES string of the molecule is CC1NCCc2c1c1ccccc1n2-c1cccc(C#N)c1-c1cccc(-c2cccc(N3C/C=C\C(C#N)=C/Cc4ccc(C#N)cc43)c2)c1. The largest absolute Gasteiger partial charge is 0.337 e. The molecule has 8 rings (SSSR count). The molecule has 51 heavy (non-hydrogen) atoms. The van der Waals surface area contributed by atoms with Crippen molar-refractivity contribution in [1.82, 2.24) is 9.88 Å². The van der Waals surface area contributed by atoms with Crippen LogP contribution in [0.15, 0.2) is 133 Å². The summed E-state index contributed by atoms with van der Waals surface area (Å²) in [4.78, 5) is 2.20. The Morgan fingerprint density at radius 2 is 1.55 bits per heavy atom. The Morgan fingerprint density at radius 3 is 2.39 bits per heavy atom. The topological polar surface area (TPSA) is 91.6 Å². The number of nitrogens with one attached hydrogen (secondary N) is 1. The van der Waals surface area contributed by atoms with Crippen LogP contribution < -0.4 is 10.2 Å². The molecule has 6 nitrogen and oxygen atoms in total. The Balaban J connectivity index is 1.25. The molecule has 1 unspecified atom stereocenters. The van der Waals surface area contributed by atoms with E-state index in [-0.39, 0.29) is 6.04 Å². The molecule has 244 valence electrons. The predicted molar refractivity (Wildman–Crippen MR) is 204 cm³/mol. The number of benzene rings is 5. The van der Waals surface area contributed by atoms with Gasteiger partial charge in [-0.15, -0.1) is 0 Å². The van der Waals surface area contributed by atoms with Crippen molar-refractivity contribution in [3.8, 4) is 46.1 Å². The molecule has 0 spiro atoms. The molecule has 0 aliphatic carbocycles. The number of rotatable bonds is 4. The highest BCUT2D eigenvalue weighted by Gasteiger charge is 2.27. The maximum atomic E-state index is 10.5. The summed E-state index contributed by atoms with van der Waals surface area (Å²) in [5.41, 5.74) is 13.5. The van der Waals surface area contributed by atoms with E-state index < -0.39 is 0 Å². The van der Waals surface area contributed by atoms with Crippen LogP contribution in [0.4, 0.5) is 11.4 Å². The minimum absolute atomic E-state index is 0.231. The fourth-order valence-corrected chi connectivity index (χ4v) is 7.72. The molecule has 0 saturated carbocycles. The lowest BCUT2D eigenvalue weighted by molar-refractivity contribution is 0.536. The predicted octanol–water partition coefficient (Wildman–Crippen LogP) is 9.61. The van der Waals surface area contributed by atoms with Gasteiger partial charge in [0.2, 0.25) is 0 Å². The quantitative estimate of drug-likeness (QED) is 0.204. The summed E-state index contributed by atoms with van der Waals surface area (Å²) in [6.07, 6.45) is 7.28. The normalized spacial score (nSPS) is 16.9. The number of aromatic nitrogens is 1. The zero-order chi connectivity index (χ0) is 34.9. The summed E-state index contributed by atoms with van der Waals surface area (Å²) in [7, 11) is 0. The first-order valence-corrected chi connectivity index (χ1v) is 17.2. The molecule has 2 aliphatic rings. The van der Waals surface area contributed by atoms with Crippen LogP contribution >= 0.6 is 0 Å². The zero-order valence-corrected chi connectivity index (χ0v) is 28.3. The van der Waals surface area contributed by atoms with E-state index in [4.69, 9.17) is 0 Å². The highest BCUT2D eigenvalue weighted by molar-refractivity contribution is 5.91. The van der Waals surface area contributed by atoms with Crippen LogP contribution in [-0.4, -0.2) is 17.7 Å². The molecular formula is C45H34N6. The van der Waals surface area contributed by atoms with Crippen molar-refractivity contribution < 1.29 is 0 Å². The number of allylic oxidation sites excluding steroid dienone is 3. The number of fused-ring (bicyclic) bond motifs is 4. The van der Waals surface area contributed by atoms with Gasteiger partial charge in [0.15, 0.2) is 0 Å². The third kappa shape index (κ3) is 5.67. The molecule has 0 radical (unpaired) electrons. The third-order valence-electron chi connectivity index (χ3n) is 10.1. The first-order chi connectivity index (χ1) is 25.1. The third-order valence-corrected chi connectivity index (χ3v) is 10.1. The van der Waals surface area contributed by atoms with Gasteiger partial charge in [0.1, 0.15) is 0 Å². The van der Waals surface area contributed by atoms with Crippen molar-refractivity contribution in [3.63, 3.8) is 0 Å². The van der Waals surface area contributed by atoms with Crippen molar-refractivity contribution in [3.05, 3.63) is 161 Å². The van der Waals surface area contributed by atoms with Gasteiger partial charge >= 0.3 is 0 Å². The van der Waals surface area contributed by atoms with Gasteiger partial charge < -0.3 is 14.8 Å². The zero-order valence-electron chi connectivity index (χ0n) is 28.3. The first-order valence-electron chi connectivity index (χ1n) is 17.2. The Morgan fingerprint density at radius 1 is 0.745 bits per heavy atom. The number of hydrogen-bond donors (Lipinski definition) is 1. The van der Waals surface area contributed by atoms with Crippen LogP contribution in [0.2, 0.25) is 0 Å². The molecule has 1 aromatic heterocycles. The monoisotopic (exact) mass is 658 g/mol. The van der Waals surface area contributed by atoms with E-state index in [2.05, 4.69) is 119 Å². The number of nitriles is 3. The lowest BCUT2D eigenvalue weighted by Gasteiger charge is -2.26. The van der Waals surface area contributed by atoms with E-state index in [0.717, 1.165) is 63.4 Å². The minimum atomic E-state index is 0.231. The number of hydrogen-bond acceptors (Lipinski definition) is 5. The van der Waals surface area contributed by atoms with Crippen molar-refractivity contribution in [2.45, 2.75) is 25.8 Å². The molecule has 1 N–H and O–H groups in total. The van der Waals surface area contributed by atoms with Crippen LogP contribution in [0.25, 0.3) is 38.8 Å². The summed E-state index contributed by atoms with van der Waals surface area (Å²) in [6.45, 7) is 3.66. The van der Waals surface area contributed by atoms with E-state index in [0.29, 0.717) is 29.7 Å². The summed E-state index contributed by atoms with van der Waals surface area (Å²) in [6, 6.07) is 44.6. The van der Waals surface area contributed by atoms with E-state index in [1.165, 1.54) is 16.6 Å². The Hall–Kier alpha value is -6.65. The summed E-state index contributed by atoms with van der Waals surface area (Å²) >= 11 is 0. The van der Waals surface area contributed by atoms with Crippen LogP contribution in [0.1, 0.15) is 40.9 Å². The highest BCUT2D eigenvalue weighted by atomic mass is 15.1. The van der Waals surface area contributed by atoms with Crippen molar-refractivity contribution in [2.24, 2.45) is 0 Å². The highest BCUT2D eigenvalue weighted by Crippen LogP contribution is 2.41. The second-order valence-electron chi connectivity index (χ2n) is 13.0. The molecule has 3 heterocycles. The molecule has 6 heteroatoms. The van der Waals surface area contributed by atoms with Gasteiger partial charge in [-0.25, -0.2) is 0 Å². The van der Waals surface area contributed by atoms with Gasteiger partial charge in [0.25, 0.3) is 0 Å². The van der Waals surface area contributed by atoms with Crippen molar-refractivity contribution in [1.29, 1.82) is 15.8 Å². The lowest BCUT2D eigenvalue weighted by Crippen LogP contribution is -2.28. The maximum Gasteiger partial charge on any atom is 0.0998 e. The fraction of sp³-hybridized carbons (Fsp3) is 0.133. The number of nitrogens with zero attached hydrogens (tertiary/aromatic N) is 5. The van der Waals surface area contributed by atoms with Crippen LogP contribution in [0, 0.1) is 34.0 Å². The summed E-state index contributed by atoms with van der Waals surface area (Å²) in [5, 5.41) is 34.7. The van der Waals surface area contributed by atoms with Crippen molar-refractivity contribution in [2.75, 3.05) is 18.0 Å².